The van der Waals surface area contributed by atoms with E-state index in [0.29, 0.717) is 11.3 Å². The Morgan fingerprint density at radius 3 is 2.60 bits per heavy atom. The van der Waals surface area contributed by atoms with Gasteiger partial charge in [0.1, 0.15) is 0 Å². The number of nitriles is 1. The molecule has 2 aromatic carbocycles. The first-order valence-corrected chi connectivity index (χ1v) is 10.6. The summed E-state index contributed by atoms with van der Waals surface area (Å²) in [7, 11) is -3.72. The Morgan fingerprint density at radius 1 is 1.16 bits per heavy atom. The summed E-state index contributed by atoms with van der Waals surface area (Å²) in [6.07, 6.45) is 0. The van der Waals surface area contributed by atoms with Crippen molar-refractivity contribution in [3.05, 3.63) is 53.6 Å². The number of anilines is 2. The van der Waals surface area contributed by atoms with Gasteiger partial charge in [0.15, 0.2) is 0 Å². The van der Waals surface area contributed by atoms with Crippen LogP contribution in [-0.2, 0) is 10.0 Å². The summed E-state index contributed by atoms with van der Waals surface area (Å²) in [5, 5.41) is 8.94. The molecule has 2 aromatic rings. The lowest BCUT2D eigenvalue weighted by Gasteiger charge is -2.29. The van der Waals surface area contributed by atoms with Gasteiger partial charge < -0.3 is 4.90 Å². The molecule has 1 heterocycles. The van der Waals surface area contributed by atoms with Gasteiger partial charge in [-0.15, -0.1) is 0 Å². The first-order valence-electron chi connectivity index (χ1n) is 7.96. The Kier molecular flexibility index (Phi) is 5.21. The average molecular weight is 374 g/mol. The van der Waals surface area contributed by atoms with Crippen molar-refractivity contribution in [2.24, 2.45) is 0 Å². The Morgan fingerprint density at radius 2 is 1.92 bits per heavy atom. The van der Waals surface area contributed by atoms with E-state index in [2.05, 4.69) is 9.62 Å². The fourth-order valence-electron chi connectivity index (χ4n) is 2.72. The van der Waals surface area contributed by atoms with Crippen LogP contribution >= 0.6 is 11.8 Å². The lowest BCUT2D eigenvalue weighted by atomic mass is 10.1. The zero-order chi connectivity index (χ0) is 17.9. The van der Waals surface area contributed by atoms with E-state index in [1.165, 1.54) is 12.1 Å². The zero-order valence-corrected chi connectivity index (χ0v) is 15.5. The lowest BCUT2D eigenvalue weighted by molar-refractivity contribution is 0.601. The van der Waals surface area contributed by atoms with Crippen LogP contribution in [-0.4, -0.2) is 33.0 Å². The summed E-state index contributed by atoms with van der Waals surface area (Å²) in [5.41, 5.74) is 2.86. The molecule has 0 radical (unpaired) electrons. The SMILES string of the molecule is Cc1cc(N2CCSCC2)ccc1NS(=O)(=O)c1cccc(C#N)c1. The van der Waals surface area contributed by atoms with E-state index in [-0.39, 0.29) is 4.90 Å². The molecule has 7 heteroatoms. The van der Waals surface area contributed by atoms with Gasteiger partial charge in [-0.25, -0.2) is 8.42 Å². The highest BCUT2D eigenvalue weighted by Gasteiger charge is 2.17. The second-order valence-corrected chi connectivity index (χ2v) is 8.75. The fourth-order valence-corrected chi connectivity index (χ4v) is 4.80. The van der Waals surface area contributed by atoms with Gasteiger partial charge in [-0.2, -0.15) is 17.0 Å². The topological polar surface area (TPSA) is 73.2 Å². The van der Waals surface area contributed by atoms with Crippen LogP contribution in [0.15, 0.2) is 47.4 Å². The largest absolute Gasteiger partial charge is 0.370 e. The third-order valence-corrected chi connectivity index (χ3v) is 6.41. The number of rotatable bonds is 4. The molecule has 130 valence electrons. The predicted octanol–water partition coefficient (Wildman–Crippen LogP) is 3.22. The van der Waals surface area contributed by atoms with Crippen molar-refractivity contribution >= 4 is 33.2 Å². The minimum atomic E-state index is -3.72. The van der Waals surface area contributed by atoms with Crippen LogP contribution in [0.1, 0.15) is 11.1 Å². The van der Waals surface area contributed by atoms with Crippen LogP contribution in [0.3, 0.4) is 0 Å². The quantitative estimate of drug-likeness (QED) is 0.891. The minimum Gasteiger partial charge on any atom is -0.370 e. The molecule has 0 amide bonds. The van der Waals surface area contributed by atoms with Crippen LogP contribution in [0.2, 0.25) is 0 Å². The molecule has 0 saturated carbocycles. The molecule has 0 spiro atoms. The number of hydrogen-bond acceptors (Lipinski definition) is 5. The van der Waals surface area contributed by atoms with Crippen molar-refractivity contribution in [1.82, 2.24) is 0 Å². The molecule has 0 aromatic heterocycles. The van der Waals surface area contributed by atoms with Crippen LogP contribution in [0.4, 0.5) is 11.4 Å². The van der Waals surface area contributed by atoms with Crippen molar-refractivity contribution in [3.8, 4) is 6.07 Å². The molecule has 1 saturated heterocycles. The Bertz CT molecular complexity index is 914. The van der Waals surface area contributed by atoms with Crippen molar-refractivity contribution in [3.63, 3.8) is 0 Å². The van der Waals surface area contributed by atoms with Crippen molar-refractivity contribution in [2.45, 2.75) is 11.8 Å². The Hall–Kier alpha value is -2.17. The highest BCUT2D eigenvalue weighted by Crippen LogP contribution is 2.26. The molecule has 1 fully saturated rings. The summed E-state index contributed by atoms with van der Waals surface area (Å²) in [6, 6.07) is 13.7. The second kappa shape index (κ2) is 7.38. The van der Waals surface area contributed by atoms with Gasteiger partial charge in [-0.3, -0.25) is 4.72 Å². The molecule has 0 unspecified atom stereocenters. The Labute approximate surface area is 152 Å². The van der Waals surface area contributed by atoms with E-state index in [0.717, 1.165) is 35.8 Å². The number of sulfonamides is 1. The molecule has 1 aliphatic heterocycles. The number of nitrogens with zero attached hydrogens (tertiary/aromatic N) is 2. The first-order chi connectivity index (χ1) is 12.0. The van der Waals surface area contributed by atoms with Gasteiger partial charge >= 0.3 is 0 Å². The number of nitrogens with one attached hydrogen (secondary N) is 1. The maximum absolute atomic E-state index is 12.6. The monoisotopic (exact) mass is 373 g/mol. The molecule has 3 rings (SSSR count). The van der Waals surface area contributed by atoms with Gasteiger partial charge in [0, 0.05) is 30.3 Å². The smallest absolute Gasteiger partial charge is 0.261 e. The summed E-state index contributed by atoms with van der Waals surface area (Å²) in [5.74, 6) is 2.23. The van der Waals surface area contributed by atoms with Gasteiger partial charge in [-0.05, 0) is 48.9 Å². The molecule has 1 N–H and O–H groups in total. The van der Waals surface area contributed by atoms with E-state index in [4.69, 9.17) is 5.26 Å². The van der Waals surface area contributed by atoms with Gasteiger partial charge in [-0.1, -0.05) is 6.07 Å². The molecule has 0 aliphatic carbocycles. The summed E-state index contributed by atoms with van der Waals surface area (Å²) < 4.78 is 27.8. The van der Waals surface area contributed by atoms with E-state index < -0.39 is 10.0 Å². The maximum Gasteiger partial charge on any atom is 0.261 e. The first kappa shape index (κ1) is 17.6. The summed E-state index contributed by atoms with van der Waals surface area (Å²) in [4.78, 5) is 2.40. The highest BCUT2D eigenvalue weighted by atomic mass is 32.2. The van der Waals surface area contributed by atoms with Crippen LogP contribution in [0.25, 0.3) is 0 Å². The Balaban J connectivity index is 1.83. The normalized spacial score (nSPS) is 14.8. The van der Waals surface area contributed by atoms with E-state index in [1.54, 1.807) is 18.2 Å². The fraction of sp³-hybridized carbons (Fsp3) is 0.278. The lowest BCUT2D eigenvalue weighted by Crippen LogP contribution is -2.32. The molecule has 1 aliphatic rings. The van der Waals surface area contributed by atoms with Gasteiger partial charge in [0.25, 0.3) is 10.0 Å². The van der Waals surface area contributed by atoms with Crippen LogP contribution in [0, 0.1) is 18.3 Å². The zero-order valence-electron chi connectivity index (χ0n) is 13.9. The van der Waals surface area contributed by atoms with Crippen LogP contribution < -0.4 is 9.62 Å². The molecule has 5 nitrogen and oxygen atoms in total. The van der Waals surface area contributed by atoms with Crippen molar-refractivity contribution in [1.29, 1.82) is 5.26 Å². The minimum absolute atomic E-state index is 0.0862. The molecule has 25 heavy (non-hydrogen) atoms. The number of thioether (sulfide) groups is 1. The van der Waals surface area contributed by atoms with Crippen molar-refractivity contribution in [2.75, 3.05) is 34.2 Å². The van der Waals surface area contributed by atoms with Crippen LogP contribution in [0.5, 0.6) is 0 Å². The van der Waals surface area contributed by atoms with E-state index >= 15 is 0 Å². The highest BCUT2D eigenvalue weighted by molar-refractivity contribution is 7.99. The third-order valence-electron chi connectivity index (χ3n) is 4.10. The molecule has 0 bridgehead atoms. The summed E-state index contributed by atoms with van der Waals surface area (Å²) in [6.45, 7) is 3.91. The van der Waals surface area contributed by atoms with Crippen molar-refractivity contribution < 1.29 is 8.42 Å². The number of hydrogen-bond donors (Lipinski definition) is 1. The average Bonchev–Trinajstić information content (AvgIpc) is 2.64. The molecule has 0 atom stereocenters. The predicted molar refractivity (Wildman–Crippen MR) is 103 cm³/mol. The molecular weight excluding hydrogens is 354 g/mol. The number of aryl methyl sites for hydroxylation is 1. The molecular formula is C18H19N3O2S2. The maximum atomic E-state index is 12.6. The van der Waals surface area contributed by atoms with E-state index in [1.807, 2.05) is 36.9 Å². The van der Waals surface area contributed by atoms with E-state index in [9.17, 15) is 8.42 Å². The third kappa shape index (κ3) is 4.09. The number of benzene rings is 2. The second-order valence-electron chi connectivity index (χ2n) is 5.84. The van der Waals surface area contributed by atoms with Gasteiger partial charge in [0.05, 0.1) is 22.2 Å². The standard InChI is InChI=1S/C18H19N3O2S2/c1-14-11-16(21-7-9-24-10-8-21)5-6-18(14)20-25(22,23)17-4-2-3-15(12-17)13-19/h2-6,11-12,20H,7-10H2,1H3. The summed E-state index contributed by atoms with van der Waals surface area (Å²) >= 11 is 1.95. The van der Waals surface area contributed by atoms with Gasteiger partial charge in [0.2, 0.25) is 0 Å².